The smallest absolute Gasteiger partial charge is 0.130 e. The summed E-state index contributed by atoms with van der Waals surface area (Å²) < 4.78 is 17.4. The minimum atomic E-state index is -0.0108. The second-order valence-corrected chi connectivity index (χ2v) is 7.73. The Kier molecular flexibility index (Phi) is 5.57. The van der Waals surface area contributed by atoms with Crippen molar-refractivity contribution in [3.05, 3.63) is 38.0 Å². The molecule has 0 bridgehead atoms. The molecule has 1 aromatic carbocycles. The highest BCUT2D eigenvalue weighted by atomic mass is 79.9. The minimum Gasteiger partial charge on any atom is -0.496 e. The topological polar surface area (TPSA) is 27.7 Å². The van der Waals surface area contributed by atoms with Gasteiger partial charge in [0.2, 0.25) is 0 Å². The van der Waals surface area contributed by atoms with Crippen LogP contribution in [-0.2, 0) is 0 Å². The van der Waals surface area contributed by atoms with Gasteiger partial charge in [0.15, 0.2) is 0 Å². The van der Waals surface area contributed by atoms with Crippen molar-refractivity contribution in [3.63, 3.8) is 0 Å². The molecule has 0 amide bonds. The van der Waals surface area contributed by atoms with Crippen LogP contribution in [0.15, 0.2) is 22.0 Å². The lowest BCUT2D eigenvalue weighted by Gasteiger charge is -2.18. The first-order chi connectivity index (χ1) is 10.0. The normalized spacial score (nSPS) is 12.1. The van der Waals surface area contributed by atoms with E-state index in [2.05, 4.69) is 44.8 Å². The maximum Gasteiger partial charge on any atom is 0.130 e. The average Bonchev–Trinajstić information content (AvgIpc) is 2.84. The number of benzene rings is 1. The standard InChI is InChI=1S/C15H16Br2O3S/c1-8-5-12(21-15(8)17)14(16)13-10(19-3)6-9(18-2)7-11(13)20-4/h5-7,14H,1-4H3. The van der Waals surface area contributed by atoms with Gasteiger partial charge in [0.05, 0.1) is 35.5 Å². The lowest BCUT2D eigenvalue weighted by atomic mass is 10.1. The van der Waals surface area contributed by atoms with Gasteiger partial charge in [0.1, 0.15) is 17.2 Å². The van der Waals surface area contributed by atoms with Crippen LogP contribution in [0.1, 0.15) is 20.8 Å². The van der Waals surface area contributed by atoms with Crippen molar-refractivity contribution in [2.45, 2.75) is 11.8 Å². The molecule has 1 unspecified atom stereocenters. The molecule has 2 rings (SSSR count). The first kappa shape index (κ1) is 16.6. The van der Waals surface area contributed by atoms with Gasteiger partial charge < -0.3 is 14.2 Å². The second-order valence-electron chi connectivity index (χ2n) is 4.41. The van der Waals surface area contributed by atoms with Gasteiger partial charge >= 0.3 is 0 Å². The summed E-state index contributed by atoms with van der Waals surface area (Å²) in [4.78, 5) is 1.17. The molecule has 0 saturated carbocycles. The zero-order valence-corrected chi connectivity index (χ0v) is 16.2. The van der Waals surface area contributed by atoms with Crippen molar-refractivity contribution in [2.75, 3.05) is 21.3 Å². The summed E-state index contributed by atoms with van der Waals surface area (Å²) in [5.74, 6) is 2.17. The molecule has 0 fully saturated rings. The molecule has 0 aliphatic heterocycles. The Balaban J connectivity index is 2.55. The third-order valence-corrected chi connectivity index (χ3v) is 6.59. The molecule has 0 aliphatic carbocycles. The van der Waals surface area contributed by atoms with Gasteiger partial charge in [-0.3, -0.25) is 0 Å². The van der Waals surface area contributed by atoms with Crippen LogP contribution in [0.5, 0.6) is 17.2 Å². The fourth-order valence-electron chi connectivity index (χ4n) is 2.03. The molecule has 2 aromatic rings. The van der Waals surface area contributed by atoms with Gasteiger partial charge in [-0.1, -0.05) is 15.9 Å². The highest BCUT2D eigenvalue weighted by Gasteiger charge is 2.23. The van der Waals surface area contributed by atoms with Crippen LogP contribution in [0, 0.1) is 6.92 Å². The van der Waals surface area contributed by atoms with E-state index in [4.69, 9.17) is 14.2 Å². The number of aryl methyl sites for hydroxylation is 1. The third-order valence-electron chi connectivity index (χ3n) is 3.13. The number of halogens is 2. The fourth-order valence-corrected chi connectivity index (χ4v) is 4.46. The van der Waals surface area contributed by atoms with E-state index in [0.29, 0.717) is 5.75 Å². The molecule has 21 heavy (non-hydrogen) atoms. The van der Waals surface area contributed by atoms with Crippen LogP contribution < -0.4 is 14.2 Å². The quantitative estimate of drug-likeness (QED) is 0.594. The zero-order valence-electron chi connectivity index (χ0n) is 12.2. The first-order valence-electron chi connectivity index (χ1n) is 6.21. The molecule has 114 valence electrons. The number of methoxy groups -OCH3 is 3. The van der Waals surface area contributed by atoms with Gasteiger partial charge in [-0.25, -0.2) is 0 Å². The molecule has 1 heterocycles. The van der Waals surface area contributed by atoms with E-state index in [9.17, 15) is 0 Å². The summed E-state index contributed by atoms with van der Waals surface area (Å²) in [5.41, 5.74) is 2.17. The molecule has 0 saturated heterocycles. The predicted molar refractivity (Wildman–Crippen MR) is 93.6 cm³/mol. The number of thiophene rings is 1. The van der Waals surface area contributed by atoms with Gasteiger partial charge in [-0.15, -0.1) is 11.3 Å². The summed E-state index contributed by atoms with van der Waals surface area (Å²) in [6, 6.07) is 5.88. The van der Waals surface area contributed by atoms with Crippen molar-refractivity contribution < 1.29 is 14.2 Å². The largest absolute Gasteiger partial charge is 0.496 e. The lowest BCUT2D eigenvalue weighted by molar-refractivity contribution is 0.370. The molecule has 6 heteroatoms. The third kappa shape index (κ3) is 3.38. The van der Waals surface area contributed by atoms with Crippen molar-refractivity contribution in [1.29, 1.82) is 0 Å². The van der Waals surface area contributed by atoms with E-state index in [0.717, 1.165) is 20.8 Å². The maximum atomic E-state index is 5.51. The van der Waals surface area contributed by atoms with E-state index in [-0.39, 0.29) is 4.83 Å². The summed E-state index contributed by atoms with van der Waals surface area (Å²) in [5, 5.41) is 0. The first-order valence-corrected chi connectivity index (χ1v) is 8.74. The molecule has 1 atom stereocenters. The molecule has 1 aromatic heterocycles. The zero-order chi connectivity index (χ0) is 15.6. The van der Waals surface area contributed by atoms with Gasteiger partial charge in [-0.05, 0) is 34.5 Å². The number of hydrogen-bond acceptors (Lipinski definition) is 4. The fraction of sp³-hybridized carbons (Fsp3) is 0.333. The van der Waals surface area contributed by atoms with Crippen LogP contribution in [0.4, 0.5) is 0 Å². The van der Waals surface area contributed by atoms with Crippen LogP contribution in [-0.4, -0.2) is 21.3 Å². The number of alkyl halides is 1. The Labute approximate surface area is 145 Å². The summed E-state index contributed by atoms with van der Waals surface area (Å²) in [7, 11) is 4.92. The van der Waals surface area contributed by atoms with Crippen molar-refractivity contribution in [1.82, 2.24) is 0 Å². The highest BCUT2D eigenvalue weighted by Crippen LogP contribution is 2.47. The van der Waals surface area contributed by atoms with Gasteiger partial charge in [0.25, 0.3) is 0 Å². The van der Waals surface area contributed by atoms with E-state index in [1.165, 1.54) is 10.4 Å². The van der Waals surface area contributed by atoms with E-state index >= 15 is 0 Å². The van der Waals surface area contributed by atoms with Gasteiger partial charge in [-0.2, -0.15) is 0 Å². The monoisotopic (exact) mass is 434 g/mol. The molecular formula is C15H16Br2O3S. The second kappa shape index (κ2) is 7.03. The summed E-state index contributed by atoms with van der Waals surface area (Å²) in [6.45, 7) is 2.08. The summed E-state index contributed by atoms with van der Waals surface area (Å²) >= 11 is 9.02. The Hall–Kier alpha value is -0.720. The molecule has 3 nitrogen and oxygen atoms in total. The molecule has 0 N–H and O–H groups in total. The van der Waals surface area contributed by atoms with Crippen molar-refractivity contribution in [3.8, 4) is 17.2 Å². The summed E-state index contributed by atoms with van der Waals surface area (Å²) in [6.07, 6.45) is 0. The Morgan fingerprint density at radius 2 is 1.57 bits per heavy atom. The Morgan fingerprint density at radius 3 is 1.95 bits per heavy atom. The Morgan fingerprint density at radius 1 is 1.00 bits per heavy atom. The van der Waals surface area contributed by atoms with E-state index < -0.39 is 0 Å². The number of rotatable bonds is 5. The molecule has 0 radical (unpaired) electrons. The Bertz CT molecular complexity index is 595. The van der Waals surface area contributed by atoms with Crippen LogP contribution in [0.3, 0.4) is 0 Å². The van der Waals surface area contributed by atoms with E-state index in [1.54, 1.807) is 32.7 Å². The van der Waals surface area contributed by atoms with Crippen LogP contribution in [0.25, 0.3) is 0 Å². The molecule has 0 spiro atoms. The SMILES string of the molecule is COc1cc(OC)c(C(Br)c2cc(C)c(Br)s2)c(OC)c1. The van der Waals surface area contributed by atoms with Crippen molar-refractivity contribution in [2.24, 2.45) is 0 Å². The van der Waals surface area contributed by atoms with Crippen LogP contribution >= 0.6 is 43.2 Å². The van der Waals surface area contributed by atoms with Crippen LogP contribution in [0.2, 0.25) is 0 Å². The number of hydrogen-bond donors (Lipinski definition) is 0. The predicted octanol–water partition coefficient (Wildman–Crippen LogP) is 5.33. The maximum absolute atomic E-state index is 5.51. The van der Waals surface area contributed by atoms with Gasteiger partial charge in [0, 0.05) is 17.0 Å². The van der Waals surface area contributed by atoms with E-state index in [1.807, 2.05) is 12.1 Å². The molecule has 0 aliphatic rings. The average molecular weight is 436 g/mol. The lowest BCUT2D eigenvalue weighted by Crippen LogP contribution is -2.00. The molecular weight excluding hydrogens is 420 g/mol. The van der Waals surface area contributed by atoms with Crippen molar-refractivity contribution >= 4 is 43.2 Å². The highest BCUT2D eigenvalue weighted by molar-refractivity contribution is 9.11. The number of ether oxygens (including phenoxy) is 3. The minimum absolute atomic E-state index is 0.0108.